The van der Waals surface area contributed by atoms with Gasteiger partial charge in [0.2, 0.25) is 0 Å². The minimum Gasteiger partial charge on any atom is -0.506 e. The summed E-state index contributed by atoms with van der Waals surface area (Å²) in [5.74, 6) is -1.18. The highest BCUT2D eigenvalue weighted by molar-refractivity contribution is 7.86. The fourth-order valence-corrected chi connectivity index (χ4v) is 7.24. The molecule has 0 aliphatic carbocycles. The Bertz CT molecular complexity index is 3370. The van der Waals surface area contributed by atoms with Crippen LogP contribution in [0.5, 0.6) is 17.2 Å². The lowest BCUT2D eigenvalue weighted by atomic mass is 10.1. The van der Waals surface area contributed by atoms with Crippen LogP contribution < -0.4 is 10.6 Å². The van der Waals surface area contributed by atoms with E-state index < -0.39 is 57.0 Å². The van der Waals surface area contributed by atoms with Crippen molar-refractivity contribution in [1.82, 2.24) is 0 Å². The molecule has 0 heterocycles. The molecule has 23 nitrogen and oxygen atoms in total. The summed E-state index contributed by atoms with van der Waals surface area (Å²) in [5, 5.41) is 84.3. The van der Waals surface area contributed by atoms with Gasteiger partial charge in [0.1, 0.15) is 38.4 Å². The summed E-state index contributed by atoms with van der Waals surface area (Å²) in [6.07, 6.45) is 0. The smallest absolute Gasteiger partial charge is 0.296 e. The summed E-state index contributed by atoms with van der Waals surface area (Å²) in [7, 11) is -9.75. The number of phenolic OH excluding ortho intramolecular Hbond substituents is 3. The first-order chi connectivity index (χ1) is 30.8. The van der Waals surface area contributed by atoms with E-state index in [0.29, 0.717) is 22.7 Å². The van der Waals surface area contributed by atoms with Gasteiger partial charge >= 0.3 is 0 Å². The molecule has 0 unspecified atom stereocenters. The summed E-state index contributed by atoms with van der Waals surface area (Å²) in [6, 6.07) is 27.8. The lowest BCUT2D eigenvalue weighted by Gasteiger charge is -2.10. The van der Waals surface area contributed by atoms with E-state index in [0.717, 1.165) is 36.4 Å². The molecule has 7 aromatic carbocycles. The number of rotatable bonds is 14. The molecule has 65 heavy (non-hydrogen) atoms. The van der Waals surface area contributed by atoms with Crippen LogP contribution in [0.2, 0.25) is 0 Å². The number of hydrogen-bond donors (Lipinski definition) is 7. The average molecular weight is 921 g/mol. The second kappa shape index (κ2) is 17.9. The Labute approximate surface area is 365 Å². The lowest BCUT2D eigenvalue weighted by molar-refractivity contribution is -0.385. The van der Waals surface area contributed by atoms with E-state index in [4.69, 9.17) is 0 Å². The number of nitrogens with one attached hydrogen (secondary N) is 2. The van der Waals surface area contributed by atoms with Crippen LogP contribution in [-0.2, 0) is 20.2 Å². The second-order valence-corrected chi connectivity index (χ2v) is 16.2. The molecule has 7 N–H and O–H groups in total. The van der Waals surface area contributed by atoms with Crippen molar-refractivity contribution in [3.8, 4) is 17.2 Å². The largest absolute Gasteiger partial charge is 0.506 e. The Morgan fingerprint density at radius 1 is 0.477 bits per heavy atom. The van der Waals surface area contributed by atoms with Gasteiger partial charge in [-0.3, -0.25) is 29.3 Å². The number of aromatic hydroxyl groups is 3. The molecule has 25 heteroatoms. The molecular formula is C40H28N10O13S2. The normalized spacial score (nSPS) is 12.0. The maximum atomic E-state index is 12.3. The van der Waals surface area contributed by atoms with E-state index >= 15 is 0 Å². The molecule has 0 atom stereocenters. The Morgan fingerprint density at radius 2 is 0.969 bits per heavy atom. The van der Waals surface area contributed by atoms with Crippen LogP contribution in [0.1, 0.15) is 0 Å². The molecular weight excluding hydrogens is 893 g/mol. The van der Waals surface area contributed by atoms with Gasteiger partial charge in [0, 0.05) is 58.8 Å². The Balaban J connectivity index is 1.01. The number of nitro groups is 2. The van der Waals surface area contributed by atoms with Crippen LogP contribution in [0.25, 0.3) is 10.8 Å². The Morgan fingerprint density at radius 3 is 1.51 bits per heavy atom. The number of nitro benzene ring substituents is 2. The van der Waals surface area contributed by atoms with Crippen LogP contribution in [0, 0.1) is 20.2 Å². The molecule has 0 aliphatic heterocycles. The summed E-state index contributed by atoms with van der Waals surface area (Å²) >= 11 is 0. The number of fused-ring (bicyclic) bond motifs is 1. The summed E-state index contributed by atoms with van der Waals surface area (Å²) in [5.41, 5.74) is 0.470. The van der Waals surface area contributed by atoms with Crippen molar-refractivity contribution < 1.29 is 51.1 Å². The van der Waals surface area contributed by atoms with Crippen LogP contribution in [-0.4, -0.2) is 51.1 Å². The average Bonchev–Trinajstić information content (AvgIpc) is 3.25. The molecule has 0 amide bonds. The fourth-order valence-electron chi connectivity index (χ4n) is 5.91. The molecule has 0 spiro atoms. The van der Waals surface area contributed by atoms with Gasteiger partial charge in [0.25, 0.3) is 31.6 Å². The molecule has 0 aliphatic rings. The predicted octanol–water partition coefficient (Wildman–Crippen LogP) is 11.0. The highest BCUT2D eigenvalue weighted by atomic mass is 32.2. The molecule has 0 fully saturated rings. The van der Waals surface area contributed by atoms with E-state index in [9.17, 15) is 61.5 Å². The van der Waals surface area contributed by atoms with Gasteiger partial charge in [0.15, 0.2) is 5.75 Å². The van der Waals surface area contributed by atoms with Crippen LogP contribution in [0.3, 0.4) is 0 Å². The van der Waals surface area contributed by atoms with E-state index in [1.807, 2.05) is 0 Å². The zero-order valence-electron chi connectivity index (χ0n) is 32.5. The topological polar surface area (TPSA) is 354 Å². The Kier molecular flexibility index (Phi) is 12.2. The summed E-state index contributed by atoms with van der Waals surface area (Å²) < 4.78 is 67.8. The standard InChI is InChI=1S/C40H28N10O13S2/c51-35-19-26(8-14-32(35)46-43-24-3-1-23(2-4-24)42-34-16-12-30(50(56)57)21-37(34)64(58,59)60)41-27-9-15-33(36(52)20-27)47-45-28-7-13-31-22(17-28)18-38(65(61,62)63)39(40(31)53)48-44-25-5-10-29(11-6-25)49(54)55/h1-21,41-42,51-53H,(H,58,59,60)(H,61,62,63). The quantitative estimate of drug-likeness (QED) is 0.0231. The highest BCUT2D eigenvalue weighted by Crippen LogP contribution is 2.43. The number of nitrogens with zero attached hydrogens (tertiary/aromatic N) is 8. The SMILES string of the molecule is O=[N+]([O-])c1ccc(N=Nc2c(S(=O)(=O)O)cc3cc(N=Nc4ccc(Nc5ccc(N=Nc6ccc(Nc7ccc([N+](=O)[O-])cc7S(=O)(=O)O)cc6)c(O)c5)cc4O)ccc3c2O)cc1. The van der Waals surface area contributed by atoms with Crippen molar-refractivity contribution >= 4 is 99.3 Å². The van der Waals surface area contributed by atoms with E-state index in [2.05, 4.69) is 41.3 Å². The Hall–Kier alpha value is -8.78. The van der Waals surface area contributed by atoms with Crippen molar-refractivity contribution in [2.75, 3.05) is 10.6 Å². The third-order valence-corrected chi connectivity index (χ3v) is 10.8. The number of azo groups is 3. The third-order valence-electron chi connectivity index (χ3n) is 9.02. The van der Waals surface area contributed by atoms with Crippen molar-refractivity contribution in [2.45, 2.75) is 9.79 Å². The van der Waals surface area contributed by atoms with Crippen LogP contribution in [0.4, 0.5) is 68.2 Å². The van der Waals surface area contributed by atoms with Gasteiger partial charge < -0.3 is 26.0 Å². The predicted molar refractivity (Wildman–Crippen MR) is 233 cm³/mol. The van der Waals surface area contributed by atoms with Crippen molar-refractivity contribution in [2.24, 2.45) is 30.7 Å². The summed E-state index contributed by atoms with van der Waals surface area (Å²) in [4.78, 5) is 19.1. The zero-order chi connectivity index (χ0) is 46.6. The maximum Gasteiger partial charge on any atom is 0.296 e. The van der Waals surface area contributed by atoms with Crippen LogP contribution >= 0.6 is 0 Å². The van der Waals surface area contributed by atoms with E-state index in [-0.39, 0.29) is 56.4 Å². The second-order valence-electron chi connectivity index (χ2n) is 13.4. The van der Waals surface area contributed by atoms with Gasteiger partial charge in [-0.1, -0.05) is 0 Å². The minimum absolute atomic E-state index is 0.0377. The van der Waals surface area contributed by atoms with Gasteiger partial charge in [-0.05, 0) is 96.4 Å². The van der Waals surface area contributed by atoms with Gasteiger partial charge in [0.05, 0.1) is 32.6 Å². The van der Waals surface area contributed by atoms with E-state index in [1.54, 1.807) is 12.1 Å². The highest BCUT2D eigenvalue weighted by Gasteiger charge is 2.23. The molecule has 0 aromatic heterocycles. The first kappa shape index (κ1) is 44.3. The molecule has 7 aromatic rings. The summed E-state index contributed by atoms with van der Waals surface area (Å²) in [6.45, 7) is 0. The number of hydrogen-bond acceptors (Lipinski definition) is 19. The first-order valence-corrected chi connectivity index (χ1v) is 21.0. The van der Waals surface area contributed by atoms with Gasteiger partial charge in [-0.2, -0.15) is 32.2 Å². The van der Waals surface area contributed by atoms with Gasteiger partial charge in [-0.15, -0.1) is 15.3 Å². The first-order valence-electron chi connectivity index (χ1n) is 18.2. The molecule has 7 rings (SSSR count). The van der Waals surface area contributed by atoms with Crippen LogP contribution in [0.15, 0.2) is 168 Å². The maximum absolute atomic E-state index is 12.3. The van der Waals surface area contributed by atoms with Crippen molar-refractivity contribution in [3.63, 3.8) is 0 Å². The van der Waals surface area contributed by atoms with Gasteiger partial charge in [-0.25, -0.2) is 0 Å². The zero-order valence-corrected chi connectivity index (χ0v) is 34.2. The molecule has 0 bridgehead atoms. The monoisotopic (exact) mass is 920 g/mol. The number of phenols is 3. The molecule has 0 radical (unpaired) electrons. The number of benzene rings is 7. The number of anilines is 4. The van der Waals surface area contributed by atoms with Crippen molar-refractivity contribution in [3.05, 3.63) is 148 Å². The fraction of sp³-hybridized carbons (Fsp3) is 0. The minimum atomic E-state index is -4.95. The lowest BCUT2D eigenvalue weighted by Crippen LogP contribution is -2.04. The molecule has 328 valence electrons. The van der Waals surface area contributed by atoms with E-state index in [1.165, 1.54) is 78.9 Å². The van der Waals surface area contributed by atoms with Crippen molar-refractivity contribution in [1.29, 1.82) is 0 Å². The molecule has 0 saturated carbocycles. The number of non-ortho nitro benzene ring substituents is 2. The third kappa shape index (κ3) is 10.5. The molecule has 0 saturated heterocycles.